The van der Waals surface area contributed by atoms with Crippen molar-refractivity contribution in [1.82, 2.24) is 44.5 Å². The van der Waals surface area contributed by atoms with E-state index in [-0.39, 0.29) is 36.6 Å². The fourth-order valence-corrected chi connectivity index (χ4v) is 10.6. The lowest BCUT2D eigenvalue weighted by atomic mass is 9.98. The van der Waals surface area contributed by atoms with Crippen molar-refractivity contribution in [2.45, 2.75) is 61.8 Å². The van der Waals surface area contributed by atoms with Crippen molar-refractivity contribution in [1.29, 1.82) is 0 Å². The Balaban J connectivity index is 1.46. The number of alkyl carbamates (subject to hydrolysis) is 1. The van der Waals surface area contributed by atoms with Gasteiger partial charge in [0.25, 0.3) is 0 Å². The number of fused-ring (bicyclic) bond motifs is 1. The van der Waals surface area contributed by atoms with Crippen LogP contribution in [0.4, 0.5) is 4.79 Å². The highest BCUT2D eigenvalue weighted by molar-refractivity contribution is 7.92. The average molecular weight is 954 g/mol. The van der Waals surface area contributed by atoms with Gasteiger partial charge >= 0.3 is 6.09 Å². The van der Waals surface area contributed by atoms with Crippen LogP contribution >= 0.6 is 0 Å². The molecule has 0 unspecified atom stereocenters. The molecule has 1 amide bonds. The number of amides is 1. The summed E-state index contributed by atoms with van der Waals surface area (Å²) in [6.07, 6.45) is 0.594. The molecule has 0 fully saturated rings. The van der Waals surface area contributed by atoms with Gasteiger partial charge in [-0.05, 0) is 96.8 Å². The number of para-hydroxylation sites is 1. The minimum absolute atomic E-state index is 0.108. The minimum atomic E-state index is -4.98. The van der Waals surface area contributed by atoms with Gasteiger partial charge in [0, 0.05) is 25.2 Å². The molecule has 0 saturated carbocycles. The Hall–Kier alpha value is -6.91. The number of ether oxygens (including phenoxy) is 4. The van der Waals surface area contributed by atoms with Gasteiger partial charge in [-0.2, -0.15) is 9.10 Å². The summed E-state index contributed by atoms with van der Waals surface area (Å²) in [5.41, 5.74) is 2.56. The number of aromatic amines is 1. The van der Waals surface area contributed by atoms with Gasteiger partial charge in [0.15, 0.2) is 0 Å². The van der Waals surface area contributed by atoms with Crippen LogP contribution in [0.15, 0.2) is 119 Å². The maximum Gasteiger partial charge on any atom is 0.407 e. The normalized spacial score (nSPS) is 12.5. The molecule has 21 heteroatoms. The highest BCUT2D eigenvalue weighted by Gasteiger charge is 2.38. The van der Waals surface area contributed by atoms with Crippen molar-refractivity contribution < 1.29 is 45.7 Å². The first-order valence-corrected chi connectivity index (χ1v) is 23.8. The fraction of sp³-hybridized carbons (Fsp3) is 0.283. The van der Waals surface area contributed by atoms with E-state index in [0.717, 1.165) is 9.87 Å². The van der Waals surface area contributed by atoms with Crippen LogP contribution in [0.2, 0.25) is 0 Å². The topological polar surface area (TPSA) is 242 Å². The zero-order valence-corrected chi connectivity index (χ0v) is 39.3. The van der Waals surface area contributed by atoms with Crippen LogP contribution in [0.5, 0.6) is 17.2 Å². The van der Waals surface area contributed by atoms with E-state index in [2.05, 4.69) is 30.3 Å². The summed E-state index contributed by atoms with van der Waals surface area (Å²) in [7, 11) is -5.26. The van der Waals surface area contributed by atoms with E-state index in [1.165, 1.54) is 37.5 Å². The number of benzene rings is 5. The molecule has 19 nitrogen and oxygen atoms in total. The lowest BCUT2D eigenvalue weighted by Crippen LogP contribution is -2.47. The number of hydrogen-bond donors (Lipinski definition) is 4. The Labute approximate surface area is 388 Å². The molecule has 0 saturated heterocycles. The van der Waals surface area contributed by atoms with Crippen molar-refractivity contribution in [2.24, 2.45) is 0 Å². The third kappa shape index (κ3) is 11.4. The van der Waals surface area contributed by atoms with E-state index >= 15 is 8.42 Å². The van der Waals surface area contributed by atoms with Crippen molar-refractivity contribution in [3.63, 3.8) is 0 Å². The number of aliphatic hydroxyl groups excluding tert-OH is 1. The van der Waals surface area contributed by atoms with Gasteiger partial charge in [-0.1, -0.05) is 54.6 Å². The van der Waals surface area contributed by atoms with Crippen molar-refractivity contribution >= 4 is 37.2 Å². The van der Waals surface area contributed by atoms with Gasteiger partial charge in [0.2, 0.25) is 25.9 Å². The molecule has 0 bridgehead atoms. The number of nitrogens with one attached hydrogen (secondary N) is 3. The van der Waals surface area contributed by atoms with Crippen LogP contribution < -0.4 is 24.2 Å². The maximum absolute atomic E-state index is 16.0. The number of methoxy groups -OCH3 is 3. The third-order valence-corrected chi connectivity index (χ3v) is 13.9. The minimum Gasteiger partial charge on any atom is -0.497 e. The SMILES string of the molecule is COc1ccc(CN(Cc2ccc(OC)cc2)S(=O)(=O)c2c(S(=O)(=O)NC[C@@H](CO)NC(=O)OC(C)(C)C)ccc(-c3cccc4[nH]cnc34)c2-c2nnn(Cc3ccc(OC)cc3)n2)cc1. The summed E-state index contributed by atoms with van der Waals surface area (Å²) in [6, 6.07) is 27.5. The van der Waals surface area contributed by atoms with Gasteiger partial charge in [-0.3, -0.25) is 0 Å². The molecule has 5 aromatic carbocycles. The van der Waals surface area contributed by atoms with E-state index < -0.39 is 60.7 Å². The highest BCUT2D eigenvalue weighted by atomic mass is 32.2. The first-order chi connectivity index (χ1) is 32.0. The summed E-state index contributed by atoms with van der Waals surface area (Å²) >= 11 is 0. The van der Waals surface area contributed by atoms with Gasteiger partial charge in [0.05, 0.1) is 63.4 Å². The molecule has 7 rings (SSSR count). The molecule has 0 spiro atoms. The molecule has 352 valence electrons. The molecule has 0 aliphatic rings. The number of rotatable bonds is 19. The second-order valence-corrected chi connectivity index (χ2v) is 19.9. The van der Waals surface area contributed by atoms with Crippen molar-refractivity contribution in [3.8, 4) is 39.8 Å². The van der Waals surface area contributed by atoms with Crippen LogP contribution in [0.1, 0.15) is 37.5 Å². The Morgan fingerprint density at radius 2 is 1.37 bits per heavy atom. The van der Waals surface area contributed by atoms with Crippen molar-refractivity contribution in [2.75, 3.05) is 34.5 Å². The first-order valence-electron chi connectivity index (χ1n) is 20.9. The molecule has 0 aliphatic heterocycles. The first kappa shape index (κ1) is 48.0. The number of carbonyl (C=O) groups is 1. The van der Waals surface area contributed by atoms with E-state index in [0.29, 0.717) is 45.0 Å². The van der Waals surface area contributed by atoms with Gasteiger partial charge in [-0.25, -0.2) is 31.3 Å². The number of carbonyl (C=O) groups excluding carboxylic acids is 1. The summed E-state index contributed by atoms with van der Waals surface area (Å²) in [6.45, 7) is 3.36. The number of aliphatic hydroxyl groups is 1. The van der Waals surface area contributed by atoms with Crippen LogP contribution in [0.3, 0.4) is 0 Å². The molecule has 0 aliphatic carbocycles. The van der Waals surface area contributed by atoms with E-state index in [1.807, 2.05) is 12.1 Å². The van der Waals surface area contributed by atoms with Crippen LogP contribution in [0, 0.1) is 0 Å². The average Bonchev–Trinajstić information content (AvgIpc) is 4.00. The van der Waals surface area contributed by atoms with Crippen LogP contribution in [-0.2, 0) is 44.4 Å². The lowest BCUT2D eigenvalue weighted by Gasteiger charge is -2.26. The molecule has 1 atom stereocenters. The van der Waals surface area contributed by atoms with E-state index in [1.54, 1.807) is 107 Å². The number of hydrogen-bond acceptors (Lipinski definition) is 14. The summed E-state index contributed by atoms with van der Waals surface area (Å²) in [4.78, 5) is 20.2. The Bertz CT molecular complexity index is 3000. The largest absolute Gasteiger partial charge is 0.497 e. The Morgan fingerprint density at radius 1 is 0.791 bits per heavy atom. The molecule has 4 N–H and O–H groups in total. The Kier molecular flexibility index (Phi) is 14.6. The van der Waals surface area contributed by atoms with Gasteiger partial charge in [-0.15, -0.1) is 10.2 Å². The van der Waals surface area contributed by atoms with Gasteiger partial charge < -0.3 is 34.4 Å². The summed E-state index contributed by atoms with van der Waals surface area (Å²) < 4.78 is 86.8. The van der Waals surface area contributed by atoms with Crippen molar-refractivity contribution in [3.05, 3.63) is 126 Å². The fourth-order valence-electron chi connectivity index (χ4n) is 7.11. The number of aromatic nitrogens is 6. The molecule has 7 aromatic rings. The molecular weight excluding hydrogens is 903 g/mol. The third-order valence-electron chi connectivity index (χ3n) is 10.4. The summed E-state index contributed by atoms with van der Waals surface area (Å²) in [5.74, 6) is 1.51. The van der Waals surface area contributed by atoms with E-state index in [4.69, 9.17) is 24.0 Å². The number of tetrazole rings is 1. The molecule has 2 heterocycles. The van der Waals surface area contributed by atoms with Crippen LogP contribution in [-0.4, -0.2) is 109 Å². The van der Waals surface area contributed by atoms with Gasteiger partial charge in [0.1, 0.15) is 32.6 Å². The highest BCUT2D eigenvalue weighted by Crippen LogP contribution is 2.43. The zero-order valence-electron chi connectivity index (χ0n) is 37.6. The van der Waals surface area contributed by atoms with Crippen LogP contribution in [0.25, 0.3) is 33.5 Å². The molecule has 0 radical (unpaired) electrons. The number of sulfonamides is 2. The molecular formula is C46H51N9O10S2. The second-order valence-electron chi connectivity index (χ2n) is 16.3. The lowest BCUT2D eigenvalue weighted by molar-refractivity contribution is 0.0484. The predicted molar refractivity (Wildman–Crippen MR) is 248 cm³/mol. The molecule has 2 aromatic heterocycles. The smallest absolute Gasteiger partial charge is 0.407 e. The second kappa shape index (κ2) is 20.3. The quantitative estimate of drug-likeness (QED) is 0.0782. The maximum atomic E-state index is 16.0. The molecule has 67 heavy (non-hydrogen) atoms. The van der Waals surface area contributed by atoms with E-state index in [9.17, 15) is 18.3 Å². The predicted octanol–water partition coefficient (Wildman–Crippen LogP) is 5.51. The number of H-pyrrole nitrogens is 1. The summed E-state index contributed by atoms with van der Waals surface area (Å²) in [5, 5.41) is 26.1. The Morgan fingerprint density at radius 3 is 1.93 bits per heavy atom. The standard InChI is InChI=1S/C46H51N9O10S2/c1-46(2,3)65-45(57)50-33(28-56)24-49-66(58,59)40-23-22-37(38-8-7-9-39-42(38)48-29-47-39)41(44-51-53-55(52-44)27-32-14-20-36(64-6)21-15-32)43(40)67(60,61)54(25-30-10-16-34(62-4)17-11-30)26-31-12-18-35(63-5)19-13-31/h7-23,29,33,49,56H,24-28H2,1-6H3,(H,47,48)(H,50,57)/t33-/m0/s1. The zero-order chi connectivity index (χ0) is 47.9. The number of nitrogens with zero attached hydrogens (tertiary/aromatic N) is 6. The monoisotopic (exact) mass is 953 g/mol. The number of imidazole rings is 1.